The first-order valence-corrected chi connectivity index (χ1v) is 9.50. The Labute approximate surface area is 160 Å². The number of nitrogens with zero attached hydrogens (tertiary/aromatic N) is 2. The maximum Gasteiger partial charge on any atom is 0.355 e. The van der Waals surface area contributed by atoms with Crippen molar-refractivity contribution in [3.8, 4) is 11.4 Å². The van der Waals surface area contributed by atoms with E-state index in [0.29, 0.717) is 33.5 Å². The van der Waals surface area contributed by atoms with Gasteiger partial charge in [0, 0.05) is 16.8 Å². The number of carbonyl (C=O) groups excluding carboxylic acids is 2. The van der Waals surface area contributed by atoms with Crippen LogP contribution in [0.5, 0.6) is 0 Å². The van der Waals surface area contributed by atoms with E-state index in [2.05, 4.69) is 20.2 Å². The number of esters is 1. The summed E-state index contributed by atoms with van der Waals surface area (Å²) in [7, 11) is 0. The normalized spacial score (nSPS) is 10.8. The maximum absolute atomic E-state index is 12.7. The zero-order chi connectivity index (χ0) is 19.4. The fraction of sp³-hybridized carbons (Fsp3) is 0.263. The van der Waals surface area contributed by atoms with Gasteiger partial charge < -0.3 is 9.72 Å². The zero-order valence-electron chi connectivity index (χ0n) is 15.3. The van der Waals surface area contributed by atoms with E-state index < -0.39 is 5.97 Å². The predicted octanol–water partition coefficient (Wildman–Crippen LogP) is 3.57. The van der Waals surface area contributed by atoms with Crippen molar-refractivity contribution in [2.75, 3.05) is 12.4 Å². The van der Waals surface area contributed by atoms with Crippen molar-refractivity contribution < 1.29 is 14.3 Å². The lowest BCUT2D eigenvalue weighted by Gasteiger charge is -2.02. The van der Waals surface area contributed by atoms with Crippen molar-refractivity contribution >= 4 is 23.5 Å². The van der Waals surface area contributed by atoms with Gasteiger partial charge in [-0.1, -0.05) is 42.1 Å². The van der Waals surface area contributed by atoms with Crippen LogP contribution in [0.15, 0.2) is 35.5 Å². The minimum absolute atomic E-state index is 0.0899. The Balaban J connectivity index is 1.70. The van der Waals surface area contributed by atoms with Gasteiger partial charge in [-0.15, -0.1) is 5.10 Å². The molecule has 1 aromatic carbocycles. The van der Waals surface area contributed by atoms with Gasteiger partial charge in [0.1, 0.15) is 5.69 Å². The van der Waals surface area contributed by atoms with Crippen molar-refractivity contribution in [2.45, 2.75) is 25.9 Å². The molecule has 0 bridgehead atoms. The minimum atomic E-state index is -0.453. The highest BCUT2D eigenvalue weighted by Gasteiger charge is 2.23. The van der Waals surface area contributed by atoms with Gasteiger partial charge >= 0.3 is 5.97 Å². The second kappa shape index (κ2) is 8.22. The van der Waals surface area contributed by atoms with Gasteiger partial charge in [0.2, 0.25) is 5.16 Å². The minimum Gasteiger partial charge on any atom is -0.461 e. The van der Waals surface area contributed by atoms with Gasteiger partial charge in [-0.25, -0.2) is 9.78 Å². The Kier molecular flexibility index (Phi) is 5.75. The molecule has 0 spiro atoms. The Morgan fingerprint density at radius 1 is 1.19 bits per heavy atom. The molecule has 0 atom stereocenters. The van der Waals surface area contributed by atoms with Gasteiger partial charge in [-0.05, 0) is 26.3 Å². The van der Waals surface area contributed by atoms with Gasteiger partial charge in [0.15, 0.2) is 11.6 Å². The van der Waals surface area contributed by atoms with Crippen molar-refractivity contribution in [2.24, 2.45) is 0 Å². The molecule has 7 nitrogen and oxygen atoms in total. The summed E-state index contributed by atoms with van der Waals surface area (Å²) in [4.78, 5) is 32.0. The van der Waals surface area contributed by atoms with Crippen LogP contribution < -0.4 is 0 Å². The fourth-order valence-corrected chi connectivity index (χ4v) is 3.48. The Bertz CT molecular complexity index is 963. The van der Waals surface area contributed by atoms with Crippen LogP contribution in [-0.2, 0) is 4.74 Å². The molecule has 3 aromatic rings. The number of ketones is 1. The number of benzene rings is 1. The number of carbonyl (C=O) groups is 2. The highest BCUT2D eigenvalue weighted by molar-refractivity contribution is 7.99. The lowest BCUT2D eigenvalue weighted by molar-refractivity contribution is 0.0519. The summed E-state index contributed by atoms with van der Waals surface area (Å²) in [6, 6.07) is 9.65. The summed E-state index contributed by atoms with van der Waals surface area (Å²) < 4.78 is 5.02. The molecule has 0 aliphatic carbocycles. The SMILES string of the molecule is CCOC(=O)c1[nH]c(C)c(C(=O)CSc2n[nH]c(-c3ccccc3)n2)c1C. The lowest BCUT2D eigenvalue weighted by atomic mass is 10.1. The van der Waals surface area contributed by atoms with Crippen molar-refractivity contribution in [1.29, 1.82) is 0 Å². The topological polar surface area (TPSA) is 101 Å². The van der Waals surface area contributed by atoms with Crippen molar-refractivity contribution in [1.82, 2.24) is 20.2 Å². The lowest BCUT2D eigenvalue weighted by Crippen LogP contribution is -2.08. The molecule has 0 fully saturated rings. The molecule has 0 saturated heterocycles. The second-order valence-corrected chi connectivity index (χ2v) is 6.83. The molecule has 3 rings (SSSR count). The Morgan fingerprint density at radius 3 is 2.63 bits per heavy atom. The first-order chi connectivity index (χ1) is 13.0. The van der Waals surface area contributed by atoms with E-state index in [1.807, 2.05) is 30.3 Å². The number of hydrogen-bond acceptors (Lipinski definition) is 6. The summed E-state index contributed by atoms with van der Waals surface area (Å²) in [6.45, 7) is 5.54. The van der Waals surface area contributed by atoms with Crippen molar-refractivity contribution in [3.63, 3.8) is 0 Å². The van der Waals surface area contributed by atoms with E-state index in [1.165, 1.54) is 11.8 Å². The van der Waals surface area contributed by atoms with Crippen LogP contribution in [0.4, 0.5) is 0 Å². The summed E-state index contributed by atoms with van der Waals surface area (Å²) in [6.07, 6.45) is 0. The van der Waals surface area contributed by atoms with E-state index >= 15 is 0 Å². The molecule has 140 valence electrons. The predicted molar refractivity (Wildman–Crippen MR) is 103 cm³/mol. The number of aryl methyl sites for hydroxylation is 1. The molecule has 0 aliphatic heterocycles. The quantitative estimate of drug-likeness (QED) is 0.367. The van der Waals surface area contributed by atoms with Crippen LogP contribution in [0.2, 0.25) is 0 Å². The number of aromatic amines is 2. The van der Waals surface area contributed by atoms with Crippen LogP contribution in [-0.4, -0.2) is 44.3 Å². The zero-order valence-corrected chi connectivity index (χ0v) is 16.1. The van der Waals surface area contributed by atoms with E-state index in [-0.39, 0.29) is 18.1 Å². The first-order valence-electron chi connectivity index (χ1n) is 8.51. The number of nitrogens with one attached hydrogen (secondary N) is 2. The summed E-state index contributed by atoms with van der Waals surface area (Å²) in [5, 5.41) is 7.53. The number of rotatable bonds is 7. The number of H-pyrrole nitrogens is 2. The van der Waals surface area contributed by atoms with Crippen LogP contribution in [0, 0.1) is 13.8 Å². The molecule has 0 aliphatic rings. The van der Waals surface area contributed by atoms with Gasteiger partial charge in [-0.3, -0.25) is 9.89 Å². The molecule has 27 heavy (non-hydrogen) atoms. The van der Waals surface area contributed by atoms with Crippen LogP contribution in [0.25, 0.3) is 11.4 Å². The van der Waals surface area contributed by atoms with Crippen LogP contribution in [0.3, 0.4) is 0 Å². The van der Waals surface area contributed by atoms with E-state index in [0.717, 1.165) is 5.56 Å². The first kappa shape index (κ1) is 18.9. The number of hydrogen-bond donors (Lipinski definition) is 2. The Hall–Kier alpha value is -2.87. The van der Waals surface area contributed by atoms with E-state index in [1.54, 1.807) is 20.8 Å². The molecule has 2 heterocycles. The molecular formula is C19H20N4O3S. The van der Waals surface area contributed by atoms with Gasteiger partial charge in [0.05, 0.1) is 12.4 Å². The molecule has 0 unspecified atom stereocenters. The van der Waals surface area contributed by atoms with E-state index in [4.69, 9.17) is 4.74 Å². The molecule has 2 N–H and O–H groups in total. The van der Waals surface area contributed by atoms with Crippen LogP contribution >= 0.6 is 11.8 Å². The third-order valence-corrected chi connectivity index (χ3v) is 4.89. The highest BCUT2D eigenvalue weighted by atomic mass is 32.2. The molecule has 8 heteroatoms. The Morgan fingerprint density at radius 2 is 1.93 bits per heavy atom. The third kappa shape index (κ3) is 4.11. The highest BCUT2D eigenvalue weighted by Crippen LogP contribution is 2.23. The molecule has 0 saturated carbocycles. The van der Waals surface area contributed by atoms with Gasteiger partial charge in [0.25, 0.3) is 0 Å². The average Bonchev–Trinajstić information content (AvgIpc) is 3.25. The molecular weight excluding hydrogens is 364 g/mol. The second-order valence-electron chi connectivity index (χ2n) is 5.89. The van der Waals surface area contributed by atoms with Crippen LogP contribution in [0.1, 0.15) is 39.0 Å². The number of aromatic nitrogens is 4. The standard InChI is InChI=1S/C19H20N4O3S/c1-4-26-18(25)16-11(2)15(12(3)20-16)14(24)10-27-19-21-17(22-23-19)13-8-6-5-7-9-13/h5-9,20H,4,10H2,1-3H3,(H,21,22,23). The maximum atomic E-state index is 12.7. The smallest absolute Gasteiger partial charge is 0.355 e. The monoisotopic (exact) mass is 384 g/mol. The van der Waals surface area contributed by atoms with E-state index in [9.17, 15) is 9.59 Å². The number of Topliss-reactive ketones (excluding diaryl/α,β-unsaturated/α-hetero) is 1. The fourth-order valence-electron chi connectivity index (χ4n) is 2.81. The summed E-state index contributed by atoms with van der Waals surface area (Å²) >= 11 is 1.25. The largest absolute Gasteiger partial charge is 0.461 e. The third-order valence-electron chi connectivity index (χ3n) is 4.04. The summed E-state index contributed by atoms with van der Waals surface area (Å²) in [5.41, 5.74) is 3.04. The number of thioether (sulfide) groups is 1. The average molecular weight is 384 g/mol. The number of ether oxygens (including phenoxy) is 1. The summed E-state index contributed by atoms with van der Waals surface area (Å²) in [5.74, 6) is 0.289. The van der Waals surface area contributed by atoms with Crippen molar-refractivity contribution in [3.05, 3.63) is 52.8 Å². The molecule has 0 radical (unpaired) electrons. The molecule has 0 amide bonds. The molecule has 2 aromatic heterocycles. The van der Waals surface area contributed by atoms with Gasteiger partial charge in [-0.2, -0.15) is 0 Å².